The van der Waals surface area contributed by atoms with Gasteiger partial charge in [-0.1, -0.05) is 59.6 Å². The maximum absolute atomic E-state index is 6.06. The molecule has 2 aromatic rings. The zero-order valence-corrected chi connectivity index (χ0v) is 15.6. The van der Waals surface area contributed by atoms with E-state index < -0.39 is 0 Å². The Hall–Kier alpha value is -0.350. The highest BCUT2D eigenvalue weighted by Gasteiger charge is 2.16. The molecular formula is C17H21BrClNS. The van der Waals surface area contributed by atoms with Crippen LogP contribution in [0.2, 0.25) is 4.34 Å². The molecule has 1 heterocycles. The molecule has 0 saturated heterocycles. The van der Waals surface area contributed by atoms with Crippen molar-refractivity contribution in [3.05, 3.63) is 55.6 Å². The predicted molar refractivity (Wildman–Crippen MR) is 97.6 cm³/mol. The number of hydrogen-bond acceptors (Lipinski definition) is 2. The average molecular weight is 387 g/mol. The maximum Gasteiger partial charge on any atom is 0.0931 e. The van der Waals surface area contributed by atoms with Crippen LogP contribution >= 0.6 is 38.9 Å². The summed E-state index contributed by atoms with van der Waals surface area (Å²) in [5, 5.41) is 3.59. The van der Waals surface area contributed by atoms with Crippen molar-refractivity contribution in [1.29, 1.82) is 0 Å². The van der Waals surface area contributed by atoms with Crippen molar-refractivity contribution < 1.29 is 0 Å². The van der Waals surface area contributed by atoms with E-state index in [1.54, 1.807) is 11.3 Å². The van der Waals surface area contributed by atoms with Gasteiger partial charge in [-0.05, 0) is 42.6 Å². The second-order valence-electron chi connectivity index (χ2n) is 5.68. The molecule has 0 spiro atoms. The Balaban J connectivity index is 2.12. The summed E-state index contributed by atoms with van der Waals surface area (Å²) >= 11 is 11.4. The Morgan fingerprint density at radius 1 is 1.14 bits per heavy atom. The van der Waals surface area contributed by atoms with Crippen LogP contribution < -0.4 is 5.32 Å². The summed E-state index contributed by atoms with van der Waals surface area (Å²) in [6, 6.07) is 12.6. The van der Waals surface area contributed by atoms with Crippen LogP contribution in [0.1, 0.15) is 30.2 Å². The van der Waals surface area contributed by atoms with Gasteiger partial charge in [0.2, 0.25) is 0 Å². The van der Waals surface area contributed by atoms with Crippen molar-refractivity contribution in [3.63, 3.8) is 0 Å². The van der Waals surface area contributed by atoms with Crippen molar-refractivity contribution in [3.8, 4) is 0 Å². The third-order valence-electron chi connectivity index (χ3n) is 3.36. The second kappa shape index (κ2) is 8.33. The van der Waals surface area contributed by atoms with E-state index in [9.17, 15) is 0 Å². The molecule has 1 aromatic heterocycles. The molecule has 0 bridgehead atoms. The second-order valence-corrected chi connectivity index (χ2v) is 8.33. The quantitative estimate of drug-likeness (QED) is 0.640. The first-order valence-electron chi connectivity index (χ1n) is 7.25. The molecule has 0 aliphatic heterocycles. The molecule has 0 aliphatic rings. The minimum Gasteiger partial charge on any atom is -0.316 e. The number of nitrogens with one attached hydrogen (secondary N) is 1. The number of hydrogen-bond donors (Lipinski definition) is 1. The monoisotopic (exact) mass is 385 g/mol. The molecule has 1 N–H and O–H groups in total. The van der Waals surface area contributed by atoms with E-state index >= 15 is 0 Å². The molecule has 0 aliphatic carbocycles. The predicted octanol–water partition coefficient (Wildman–Crippen LogP) is 5.74. The lowest BCUT2D eigenvalue weighted by atomic mass is 9.94. The van der Waals surface area contributed by atoms with E-state index in [-0.39, 0.29) is 0 Å². The van der Waals surface area contributed by atoms with Gasteiger partial charge in [0.1, 0.15) is 0 Å². The Bertz CT molecular complexity index is 567. The number of thiophene rings is 1. The molecule has 1 aromatic carbocycles. The third-order valence-corrected chi connectivity index (χ3v) is 5.34. The molecule has 1 nitrogen and oxygen atoms in total. The van der Waals surface area contributed by atoms with E-state index in [1.807, 2.05) is 6.07 Å². The summed E-state index contributed by atoms with van der Waals surface area (Å²) in [5.74, 6) is 1.12. The largest absolute Gasteiger partial charge is 0.316 e. The molecule has 2 rings (SSSR count). The van der Waals surface area contributed by atoms with Gasteiger partial charge in [0.25, 0.3) is 0 Å². The topological polar surface area (TPSA) is 12.0 Å². The number of benzene rings is 1. The molecule has 0 amide bonds. The van der Waals surface area contributed by atoms with Crippen LogP contribution in [0.15, 0.2) is 40.9 Å². The highest BCUT2D eigenvalue weighted by Crippen LogP contribution is 2.31. The Morgan fingerprint density at radius 3 is 2.52 bits per heavy atom. The fourth-order valence-electron chi connectivity index (χ4n) is 2.35. The normalized spacial score (nSPS) is 12.8. The first-order chi connectivity index (χ1) is 10.1. The summed E-state index contributed by atoms with van der Waals surface area (Å²) < 4.78 is 2.05. The van der Waals surface area contributed by atoms with Crippen molar-refractivity contribution in [2.24, 2.45) is 5.92 Å². The zero-order valence-electron chi connectivity index (χ0n) is 12.4. The average Bonchev–Trinajstić information content (AvgIpc) is 2.83. The van der Waals surface area contributed by atoms with Crippen LogP contribution in [0.25, 0.3) is 0 Å². The van der Waals surface area contributed by atoms with Crippen molar-refractivity contribution in [1.82, 2.24) is 5.32 Å². The van der Waals surface area contributed by atoms with E-state index in [0.717, 1.165) is 23.8 Å². The van der Waals surface area contributed by atoms with Crippen LogP contribution in [0, 0.1) is 5.92 Å². The standard InChI is InChI=1S/C17H21BrClNS/c1-12(2)10-20-11-13(9-14-7-8-17(19)21-14)15-5-3-4-6-16(15)18/h3-8,12-13,20H,9-11H2,1-2H3. The van der Waals surface area contributed by atoms with Crippen molar-refractivity contribution in [2.45, 2.75) is 26.2 Å². The number of halogens is 2. The molecule has 1 atom stereocenters. The molecule has 0 saturated carbocycles. The zero-order chi connectivity index (χ0) is 15.2. The molecule has 0 fully saturated rings. The van der Waals surface area contributed by atoms with Crippen LogP contribution in [-0.4, -0.2) is 13.1 Å². The summed E-state index contributed by atoms with van der Waals surface area (Å²) in [4.78, 5) is 1.34. The summed E-state index contributed by atoms with van der Waals surface area (Å²) in [6.07, 6.45) is 1.02. The minimum absolute atomic E-state index is 0.453. The molecular weight excluding hydrogens is 366 g/mol. The Labute approximate surface area is 144 Å². The molecule has 0 radical (unpaired) electrons. The van der Waals surface area contributed by atoms with Crippen LogP contribution in [0.5, 0.6) is 0 Å². The van der Waals surface area contributed by atoms with Gasteiger partial charge >= 0.3 is 0 Å². The van der Waals surface area contributed by atoms with Crippen LogP contribution in [-0.2, 0) is 6.42 Å². The van der Waals surface area contributed by atoms with E-state index in [4.69, 9.17) is 11.6 Å². The van der Waals surface area contributed by atoms with Gasteiger partial charge in [-0.3, -0.25) is 0 Å². The highest BCUT2D eigenvalue weighted by molar-refractivity contribution is 9.10. The van der Waals surface area contributed by atoms with E-state index in [2.05, 4.69) is 65.4 Å². The summed E-state index contributed by atoms with van der Waals surface area (Å²) in [6.45, 7) is 6.50. The van der Waals surface area contributed by atoms with Gasteiger partial charge in [-0.25, -0.2) is 0 Å². The lowest BCUT2D eigenvalue weighted by Gasteiger charge is -2.20. The van der Waals surface area contributed by atoms with E-state index in [1.165, 1.54) is 14.9 Å². The molecule has 4 heteroatoms. The smallest absolute Gasteiger partial charge is 0.0931 e. The maximum atomic E-state index is 6.06. The van der Waals surface area contributed by atoms with Gasteiger partial charge < -0.3 is 5.32 Å². The van der Waals surface area contributed by atoms with Gasteiger partial charge in [-0.15, -0.1) is 11.3 Å². The minimum atomic E-state index is 0.453. The highest BCUT2D eigenvalue weighted by atomic mass is 79.9. The summed E-state index contributed by atoms with van der Waals surface area (Å²) in [7, 11) is 0. The lowest BCUT2D eigenvalue weighted by molar-refractivity contribution is 0.514. The first-order valence-corrected chi connectivity index (χ1v) is 9.24. The first kappa shape index (κ1) is 17.0. The lowest BCUT2D eigenvalue weighted by Crippen LogP contribution is -2.26. The van der Waals surface area contributed by atoms with Crippen molar-refractivity contribution >= 4 is 38.9 Å². The van der Waals surface area contributed by atoms with Gasteiger partial charge in [0.15, 0.2) is 0 Å². The van der Waals surface area contributed by atoms with Gasteiger partial charge in [0, 0.05) is 21.8 Å². The van der Waals surface area contributed by atoms with Crippen LogP contribution in [0.3, 0.4) is 0 Å². The fourth-order valence-corrected chi connectivity index (χ4v) is 4.12. The van der Waals surface area contributed by atoms with Crippen molar-refractivity contribution in [2.75, 3.05) is 13.1 Å². The molecule has 21 heavy (non-hydrogen) atoms. The molecule has 1 unspecified atom stereocenters. The molecule has 114 valence electrons. The van der Waals surface area contributed by atoms with Crippen LogP contribution in [0.4, 0.5) is 0 Å². The van der Waals surface area contributed by atoms with Gasteiger partial charge in [0.05, 0.1) is 4.34 Å². The van der Waals surface area contributed by atoms with E-state index in [0.29, 0.717) is 11.8 Å². The third kappa shape index (κ3) is 5.41. The SMILES string of the molecule is CC(C)CNCC(Cc1ccc(Cl)s1)c1ccccc1Br. The Morgan fingerprint density at radius 2 is 1.90 bits per heavy atom. The van der Waals surface area contributed by atoms with Gasteiger partial charge in [-0.2, -0.15) is 0 Å². The Kier molecular flexibility index (Phi) is 6.74. The number of rotatable bonds is 7. The summed E-state index contributed by atoms with van der Waals surface area (Å²) in [5.41, 5.74) is 1.36. The fraction of sp³-hybridized carbons (Fsp3) is 0.412.